The van der Waals surface area contributed by atoms with E-state index in [1.807, 2.05) is 0 Å². The van der Waals surface area contributed by atoms with E-state index >= 15 is 0 Å². The van der Waals surface area contributed by atoms with Crippen molar-refractivity contribution in [1.82, 2.24) is 4.31 Å². The molecule has 0 atom stereocenters. The molecular weight excluding hydrogens is 206 g/mol. The van der Waals surface area contributed by atoms with Gasteiger partial charge in [-0.1, -0.05) is 6.08 Å². The lowest BCUT2D eigenvalue weighted by molar-refractivity contribution is -0.134. The molecule has 0 unspecified atom stereocenters. The Hall–Kier alpha value is -0.880. The zero-order chi connectivity index (χ0) is 10.8. The van der Waals surface area contributed by atoms with Crippen molar-refractivity contribution in [2.75, 3.05) is 12.3 Å². The lowest BCUT2D eigenvalue weighted by Crippen LogP contribution is -2.37. The molecule has 0 saturated heterocycles. The molecular formula is C8H13NO4S. The quantitative estimate of drug-likeness (QED) is 0.640. The largest absolute Gasteiger partial charge is 0.480 e. The van der Waals surface area contributed by atoms with Crippen LogP contribution >= 0.6 is 0 Å². The van der Waals surface area contributed by atoms with E-state index in [1.54, 1.807) is 0 Å². The predicted octanol–water partition coefficient (Wildman–Crippen LogP) is 0.0512. The Kier molecular flexibility index (Phi) is 3.28. The molecule has 5 nitrogen and oxygen atoms in total. The standard InChI is InChI=1S/C8H13NO4S/c1-2-5-9(7-3-4-7)14(12,13)6-8(10)11/h2,7H,1,3-6H2,(H,10,11). The SMILES string of the molecule is C=CCN(C1CC1)S(=O)(=O)CC(=O)O. The van der Waals surface area contributed by atoms with E-state index in [1.165, 1.54) is 10.4 Å². The topological polar surface area (TPSA) is 74.7 Å². The lowest BCUT2D eigenvalue weighted by Gasteiger charge is -2.18. The molecule has 0 heterocycles. The third kappa shape index (κ3) is 2.81. The van der Waals surface area contributed by atoms with Gasteiger partial charge in [0.05, 0.1) is 0 Å². The molecule has 80 valence electrons. The fraction of sp³-hybridized carbons (Fsp3) is 0.625. The van der Waals surface area contributed by atoms with E-state index in [-0.39, 0.29) is 12.6 Å². The number of hydrogen-bond donors (Lipinski definition) is 1. The molecule has 1 fully saturated rings. The molecule has 0 amide bonds. The summed E-state index contributed by atoms with van der Waals surface area (Å²) in [7, 11) is -3.66. The summed E-state index contributed by atoms with van der Waals surface area (Å²) < 4.78 is 24.2. The summed E-state index contributed by atoms with van der Waals surface area (Å²) in [4.78, 5) is 10.3. The summed E-state index contributed by atoms with van der Waals surface area (Å²) >= 11 is 0. The van der Waals surface area contributed by atoms with E-state index < -0.39 is 21.7 Å². The molecule has 0 aromatic carbocycles. The Morgan fingerprint density at radius 3 is 2.50 bits per heavy atom. The Morgan fingerprint density at radius 2 is 2.14 bits per heavy atom. The van der Waals surface area contributed by atoms with Crippen LogP contribution in [0.4, 0.5) is 0 Å². The van der Waals surface area contributed by atoms with Gasteiger partial charge in [-0.3, -0.25) is 4.79 Å². The molecule has 0 aromatic heterocycles. The van der Waals surface area contributed by atoms with Crippen LogP contribution in [-0.2, 0) is 14.8 Å². The van der Waals surface area contributed by atoms with Gasteiger partial charge in [-0.25, -0.2) is 8.42 Å². The highest BCUT2D eigenvalue weighted by Gasteiger charge is 2.37. The van der Waals surface area contributed by atoms with Gasteiger partial charge >= 0.3 is 5.97 Å². The first-order chi connectivity index (χ1) is 6.47. The number of carboxylic acids is 1. The summed E-state index contributed by atoms with van der Waals surface area (Å²) in [6, 6.07) is -0.0163. The van der Waals surface area contributed by atoms with Crippen molar-refractivity contribution in [3.8, 4) is 0 Å². The molecule has 0 aromatic rings. The van der Waals surface area contributed by atoms with Gasteiger partial charge in [-0.2, -0.15) is 4.31 Å². The van der Waals surface area contributed by atoms with Gasteiger partial charge in [-0.05, 0) is 12.8 Å². The third-order valence-electron chi connectivity index (χ3n) is 1.93. The molecule has 0 bridgehead atoms. The van der Waals surface area contributed by atoms with E-state index in [9.17, 15) is 13.2 Å². The van der Waals surface area contributed by atoms with Crippen LogP contribution in [-0.4, -0.2) is 42.1 Å². The summed E-state index contributed by atoms with van der Waals surface area (Å²) in [5.74, 6) is -2.16. The molecule has 1 aliphatic carbocycles. The van der Waals surface area contributed by atoms with Crippen molar-refractivity contribution in [1.29, 1.82) is 0 Å². The fourth-order valence-electron chi connectivity index (χ4n) is 1.22. The highest BCUT2D eigenvalue weighted by atomic mass is 32.2. The minimum Gasteiger partial charge on any atom is -0.480 e. The average Bonchev–Trinajstić information content (AvgIpc) is 2.79. The maximum absolute atomic E-state index is 11.5. The third-order valence-corrected chi connectivity index (χ3v) is 3.70. The molecule has 1 rings (SSSR count). The van der Waals surface area contributed by atoms with Crippen molar-refractivity contribution in [3.05, 3.63) is 12.7 Å². The molecule has 0 radical (unpaired) electrons. The first kappa shape index (κ1) is 11.2. The normalized spacial score (nSPS) is 16.9. The number of carbonyl (C=O) groups is 1. The number of rotatable bonds is 6. The molecule has 6 heteroatoms. The maximum atomic E-state index is 11.5. The predicted molar refractivity (Wildman–Crippen MR) is 51.3 cm³/mol. The van der Waals surface area contributed by atoms with Crippen molar-refractivity contribution in [2.45, 2.75) is 18.9 Å². The van der Waals surface area contributed by atoms with Gasteiger partial charge in [0, 0.05) is 12.6 Å². The van der Waals surface area contributed by atoms with E-state index in [4.69, 9.17) is 5.11 Å². The fourth-order valence-corrected chi connectivity index (χ4v) is 2.69. The molecule has 0 aliphatic heterocycles. The highest BCUT2D eigenvalue weighted by Crippen LogP contribution is 2.29. The van der Waals surface area contributed by atoms with Gasteiger partial charge in [0.25, 0.3) is 0 Å². The van der Waals surface area contributed by atoms with Crippen molar-refractivity contribution in [3.63, 3.8) is 0 Å². The number of sulfonamides is 1. The van der Waals surface area contributed by atoms with Crippen molar-refractivity contribution in [2.24, 2.45) is 0 Å². The second-order valence-corrected chi connectivity index (χ2v) is 5.16. The summed E-state index contributed by atoms with van der Waals surface area (Å²) in [6.07, 6.45) is 3.09. The number of aliphatic carboxylic acids is 1. The van der Waals surface area contributed by atoms with E-state index in [2.05, 4.69) is 6.58 Å². The van der Waals surface area contributed by atoms with Gasteiger partial charge < -0.3 is 5.11 Å². The van der Waals surface area contributed by atoms with Gasteiger partial charge in [0.1, 0.15) is 0 Å². The van der Waals surface area contributed by atoms with Gasteiger partial charge in [0.2, 0.25) is 10.0 Å². The Bertz CT molecular complexity index is 331. The zero-order valence-corrected chi connectivity index (χ0v) is 8.53. The number of nitrogens with zero attached hydrogens (tertiary/aromatic N) is 1. The summed E-state index contributed by atoms with van der Waals surface area (Å²) in [5.41, 5.74) is 0. The van der Waals surface area contributed by atoms with Crippen LogP contribution < -0.4 is 0 Å². The van der Waals surface area contributed by atoms with Crippen LogP contribution in [0.15, 0.2) is 12.7 Å². The average molecular weight is 219 g/mol. The molecule has 0 spiro atoms. The first-order valence-electron chi connectivity index (χ1n) is 4.29. The minimum absolute atomic E-state index is 0.0163. The van der Waals surface area contributed by atoms with Crippen LogP contribution in [0.1, 0.15) is 12.8 Å². The van der Waals surface area contributed by atoms with Crippen LogP contribution in [0.25, 0.3) is 0 Å². The maximum Gasteiger partial charge on any atom is 0.320 e. The number of hydrogen-bond acceptors (Lipinski definition) is 3. The minimum atomic E-state index is -3.66. The van der Waals surface area contributed by atoms with Crippen LogP contribution in [0.3, 0.4) is 0 Å². The number of carboxylic acid groups (broad SMARTS) is 1. The van der Waals surface area contributed by atoms with Crippen molar-refractivity contribution >= 4 is 16.0 Å². The molecule has 1 saturated carbocycles. The van der Waals surface area contributed by atoms with E-state index in [0.717, 1.165) is 12.8 Å². The summed E-state index contributed by atoms with van der Waals surface area (Å²) in [6.45, 7) is 3.64. The second kappa shape index (κ2) is 4.10. The highest BCUT2D eigenvalue weighted by molar-refractivity contribution is 7.89. The molecule has 1 N–H and O–H groups in total. The van der Waals surface area contributed by atoms with Gasteiger partial charge in [0.15, 0.2) is 5.75 Å². The Labute approximate surface area is 83.1 Å². The smallest absolute Gasteiger partial charge is 0.320 e. The summed E-state index contributed by atoms with van der Waals surface area (Å²) in [5, 5.41) is 8.44. The van der Waals surface area contributed by atoms with E-state index in [0.29, 0.717) is 0 Å². The monoisotopic (exact) mass is 219 g/mol. The van der Waals surface area contributed by atoms with Gasteiger partial charge in [-0.15, -0.1) is 6.58 Å². The van der Waals surface area contributed by atoms with Crippen LogP contribution in [0.2, 0.25) is 0 Å². The second-order valence-electron chi connectivity index (χ2n) is 3.24. The lowest BCUT2D eigenvalue weighted by atomic mass is 10.6. The van der Waals surface area contributed by atoms with Crippen molar-refractivity contribution < 1.29 is 18.3 Å². The first-order valence-corrected chi connectivity index (χ1v) is 5.90. The van der Waals surface area contributed by atoms with Crippen LogP contribution in [0, 0.1) is 0 Å². The molecule has 1 aliphatic rings. The zero-order valence-electron chi connectivity index (χ0n) is 7.72. The molecule has 14 heavy (non-hydrogen) atoms. The van der Waals surface area contributed by atoms with Crippen LogP contribution in [0.5, 0.6) is 0 Å². The Balaban J connectivity index is 2.74. The Morgan fingerprint density at radius 1 is 1.57 bits per heavy atom.